The molecule has 0 spiro atoms. The number of hydrogen-bond donors (Lipinski definition) is 5. The molecule has 0 bridgehead atoms. The second-order valence-corrected chi connectivity index (χ2v) is 13.5. The third kappa shape index (κ3) is 15.1. The third-order valence-electron chi connectivity index (χ3n) is 8.64. The normalized spacial score (nSPS) is 12.9. The topological polar surface area (TPSA) is 243 Å². The maximum Gasteiger partial charge on any atom is 0.277 e. The molecule has 1 amide bonds. The van der Waals surface area contributed by atoms with Crippen molar-refractivity contribution in [2.75, 3.05) is 12.3 Å². The first kappa shape index (κ1) is 55.3. The summed E-state index contributed by atoms with van der Waals surface area (Å²) in [6.07, 6.45) is 9.46. The quantitative estimate of drug-likeness (QED) is 0.0268. The number of aliphatic hydroxyl groups excluding tert-OH is 1. The molecule has 8 N–H and O–H groups in total. The molecule has 0 unspecified atom stereocenters. The molecule has 0 aliphatic heterocycles. The lowest BCUT2D eigenvalue weighted by Crippen LogP contribution is -2.05. The Labute approximate surface area is 366 Å². The number of nitrogens with zero attached hydrogens (tertiary/aromatic N) is 2. The van der Waals surface area contributed by atoms with Crippen LogP contribution < -0.4 is 17.2 Å². The zero-order chi connectivity index (χ0) is 47.9. The first-order valence-corrected chi connectivity index (χ1v) is 20.8. The SMILES string of the molecule is CC.CC.CC(=O)C(=C(C)O)C1=C(C=CC(=N)c2cccc3c([N+](=O)[O-])ccc(C)c23)CC/C1=C\C=C(\C)c1cccc2c([N+](=O)[O-])ccc(N)c12.CC(N)=O.CCC.CCN. The summed E-state index contributed by atoms with van der Waals surface area (Å²) in [5, 5.41) is 45.0. The van der Waals surface area contributed by atoms with E-state index in [1.807, 2.05) is 66.7 Å². The fourth-order valence-electron chi connectivity index (χ4n) is 6.44. The van der Waals surface area contributed by atoms with Gasteiger partial charge in [-0.05, 0) is 105 Å². The minimum Gasteiger partial charge on any atom is -0.512 e. The lowest BCUT2D eigenvalue weighted by Gasteiger charge is -2.12. The van der Waals surface area contributed by atoms with Gasteiger partial charge in [0.25, 0.3) is 11.4 Å². The molecule has 0 fully saturated rings. The number of carbonyl (C=O) groups is 2. The zero-order valence-corrected chi connectivity index (χ0v) is 38.4. The number of primary amides is 1. The molecular weight excluding hydrogens is 785 g/mol. The average molecular weight is 851 g/mol. The van der Waals surface area contributed by atoms with Crippen molar-refractivity contribution < 1.29 is 24.5 Å². The standard InChI is InChI=1S/C38H34N4O6.C3H8.C2H5NO.C2H7N.2C2H6/c1-21(27-7-5-10-30-34(42(47)48)20-18-32(40)38(27)30)11-13-25-14-15-26(37(25)36(23(3)43)24(4)44)16-17-31(39)28-8-6-9-29-33(41(45)46)19-12-22(2)35(28)29;1-3-2;1-2(3)4;1-2-3;2*1-2/h5-13,16-20,39,43H,14-15,40H2,1-4H3;3H2,1-2H3;1H3,(H2,3,4);2-3H2,1H3;2*1-2H3/b17-16?,21-11-,25-13+,36-23?,39-31?;;;;;. The van der Waals surface area contributed by atoms with Gasteiger partial charge >= 0.3 is 0 Å². The van der Waals surface area contributed by atoms with Crippen LogP contribution in [0.1, 0.15) is 112 Å². The smallest absolute Gasteiger partial charge is 0.277 e. The second kappa shape index (κ2) is 27.9. The monoisotopic (exact) mass is 850 g/mol. The molecule has 0 saturated heterocycles. The first-order valence-electron chi connectivity index (χ1n) is 20.8. The number of ketones is 1. The van der Waals surface area contributed by atoms with E-state index in [0.717, 1.165) is 34.4 Å². The molecule has 13 nitrogen and oxygen atoms in total. The molecule has 4 aromatic rings. The van der Waals surface area contributed by atoms with Gasteiger partial charge in [-0.1, -0.05) is 103 Å². The number of hydrogen-bond acceptors (Lipinski definition) is 10. The predicted octanol–water partition coefficient (Wildman–Crippen LogP) is 12.1. The molecule has 0 heterocycles. The minimum atomic E-state index is -0.435. The highest BCUT2D eigenvalue weighted by atomic mass is 16.6. The second-order valence-electron chi connectivity index (χ2n) is 13.5. The van der Waals surface area contributed by atoms with E-state index in [-0.39, 0.29) is 40.1 Å². The number of benzene rings is 4. The summed E-state index contributed by atoms with van der Waals surface area (Å²) in [4.78, 5) is 44.5. The average Bonchev–Trinajstić information content (AvgIpc) is 3.61. The van der Waals surface area contributed by atoms with Crippen molar-refractivity contribution in [2.24, 2.45) is 11.5 Å². The summed E-state index contributed by atoms with van der Waals surface area (Å²) in [7, 11) is 0. The Morgan fingerprint density at radius 3 is 1.74 bits per heavy atom. The number of carbonyl (C=O) groups excluding carboxylic acids is 2. The van der Waals surface area contributed by atoms with Crippen LogP contribution in [0.4, 0.5) is 17.1 Å². The van der Waals surface area contributed by atoms with E-state index in [9.17, 15) is 34.9 Å². The molecule has 5 rings (SSSR count). The van der Waals surface area contributed by atoms with Crippen molar-refractivity contribution in [3.63, 3.8) is 0 Å². The van der Waals surface area contributed by atoms with E-state index in [1.54, 1.807) is 48.6 Å². The van der Waals surface area contributed by atoms with Crippen molar-refractivity contribution in [1.82, 2.24) is 0 Å². The van der Waals surface area contributed by atoms with Gasteiger partial charge in [0.15, 0.2) is 5.78 Å². The molecule has 0 atom stereocenters. The van der Waals surface area contributed by atoms with Crippen LogP contribution in [0.2, 0.25) is 0 Å². The van der Waals surface area contributed by atoms with Gasteiger partial charge in [-0.3, -0.25) is 29.8 Å². The number of allylic oxidation sites excluding steroid dienone is 10. The Morgan fingerprint density at radius 2 is 1.27 bits per heavy atom. The van der Waals surface area contributed by atoms with Gasteiger partial charge < -0.3 is 27.7 Å². The number of non-ortho nitro benzene ring substituents is 2. The molecule has 1 aliphatic rings. The van der Waals surface area contributed by atoms with E-state index >= 15 is 0 Å². The van der Waals surface area contributed by atoms with E-state index in [4.69, 9.17) is 16.9 Å². The molecule has 0 aromatic heterocycles. The molecule has 1 aliphatic carbocycles. The fraction of sp³-hybridized carbons (Fsp3) is 0.327. The van der Waals surface area contributed by atoms with Gasteiger partial charge in [-0.2, -0.15) is 0 Å². The summed E-state index contributed by atoms with van der Waals surface area (Å²) in [6, 6.07) is 16.4. The van der Waals surface area contributed by atoms with Crippen molar-refractivity contribution in [2.45, 2.75) is 102 Å². The molecule has 0 saturated carbocycles. The number of nitro benzene ring substituents is 2. The van der Waals surface area contributed by atoms with Gasteiger partial charge in [0.1, 0.15) is 5.76 Å². The van der Waals surface area contributed by atoms with E-state index < -0.39 is 9.85 Å². The molecule has 4 aromatic carbocycles. The minimum absolute atomic E-state index is 0.0350. The number of rotatable bonds is 9. The Morgan fingerprint density at radius 1 is 0.806 bits per heavy atom. The van der Waals surface area contributed by atoms with Crippen molar-refractivity contribution in [3.8, 4) is 0 Å². The Kier molecular flexibility index (Phi) is 24.9. The summed E-state index contributed by atoms with van der Waals surface area (Å²) >= 11 is 0. The number of Topliss-reactive ketones (excluding diaryl/α,β-unsaturated/α-hetero) is 1. The van der Waals surface area contributed by atoms with Crippen LogP contribution in [-0.2, 0) is 9.59 Å². The number of nitro groups is 2. The maximum atomic E-state index is 12.8. The van der Waals surface area contributed by atoms with Crippen molar-refractivity contribution >= 4 is 61.6 Å². The van der Waals surface area contributed by atoms with Crippen LogP contribution in [0.3, 0.4) is 0 Å². The fourth-order valence-corrected chi connectivity index (χ4v) is 6.44. The van der Waals surface area contributed by atoms with Crippen molar-refractivity contribution in [1.29, 1.82) is 5.41 Å². The molecule has 334 valence electrons. The predicted molar refractivity (Wildman–Crippen MR) is 259 cm³/mol. The highest BCUT2D eigenvalue weighted by molar-refractivity contribution is 6.17. The number of anilines is 1. The van der Waals surface area contributed by atoms with Gasteiger partial charge in [0.05, 0.1) is 31.9 Å². The Hall–Kier alpha value is -6.73. The van der Waals surface area contributed by atoms with Crippen LogP contribution in [0.25, 0.3) is 27.1 Å². The summed E-state index contributed by atoms with van der Waals surface area (Å²) in [6.45, 7) is 22.8. The Balaban J connectivity index is 0.00000236. The number of aryl methyl sites for hydroxylation is 1. The van der Waals surface area contributed by atoms with Crippen LogP contribution in [0, 0.1) is 32.6 Å². The van der Waals surface area contributed by atoms with Crippen LogP contribution in [-0.4, -0.2) is 38.9 Å². The highest BCUT2D eigenvalue weighted by Crippen LogP contribution is 2.40. The summed E-state index contributed by atoms with van der Waals surface area (Å²) < 4.78 is 0. The number of fused-ring (bicyclic) bond motifs is 2. The molecular formula is C49H66N6O7. The van der Waals surface area contributed by atoms with E-state index in [2.05, 4.69) is 19.6 Å². The molecule has 0 radical (unpaired) electrons. The van der Waals surface area contributed by atoms with Gasteiger partial charge in [-0.15, -0.1) is 0 Å². The number of nitrogens with one attached hydrogen (secondary N) is 1. The first-order chi connectivity index (χ1) is 29.4. The van der Waals surface area contributed by atoms with E-state index in [0.29, 0.717) is 51.2 Å². The largest absolute Gasteiger partial charge is 0.512 e. The maximum absolute atomic E-state index is 12.8. The molecule has 13 heteroatoms. The Bertz CT molecular complexity index is 2380. The summed E-state index contributed by atoms with van der Waals surface area (Å²) in [5.74, 6) is -0.774. The van der Waals surface area contributed by atoms with Crippen LogP contribution >= 0.6 is 0 Å². The lowest BCUT2D eigenvalue weighted by molar-refractivity contribution is -0.383. The number of aliphatic hydroxyl groups is 1. The molecule has 62 heavy (non-hydrogen) atoms. The zero-order valence-electron chi connectivity index (χ0n) is 38.4. The highest BCUT2D eigenvalue weighted by Gasteiger charge is 2.26. The lowest BCUT2D eigenvalue weighted by atomic mass is 9.92. The summed E-state index contributed by atoms with van der Waals surface area (Å²) in [5.41, 5.74) is 21.3. The van der Waals surface area contributed by atoms with Crippen LogP contribution in [0.15, 0.2) is 113 Å². The van der Waals surface area contributed by atoms with E-state index in [1.165, 1.54) is 45.4 Å². The van der Waals surface area contributed by atoms with Crippen molar-refractivity contribution in [3.05, 3.63) is 150 Å². The third-order valence-corrected chi connectivity index (χ3v) is 8.64. The van der Waals surface area contributed by atoms with Gasteiger partial charge in [-0.25, -0.2) is 0 Å². The number of nitrogens with two attached hydrogens (primary N) is 3. The van der Waals surface area contributed by atoms with Gasteiger partial charge in [0.2, 0.25) is 5.91 Å². The number of nitrogen functional groups attached to an aromatic ring is 1. The van der Waals surface area contributed by atoms with Crippen LogP contribution in [0.5, 0.6) is 0 Å². The van der Waals surface area contributed by atoms with Gasteiger partial charge in [0, 0.05) is 41.1 Å². The number of amides is 1.